The van der Waals surface area contributed by atoms with Crippen LogP contribution in [0.25, 0.3) is 0 Å². The number of morpholine rings is 2. The zero-order chi connectivity index (χ0) is 38.0. The van der Waals surface area contributed by atoms with Gasteiger partial charge in [0.05, 0.1) is 63.4 Å². The van der Waals surface area contributed by atoms with Crippen LogP contribution in [0.3, 0.4) is 0 Å². The third-order valence-electron chi connectivity index (χ3n) is 9.64. The summed E-state index contributed by atoms with van der Waals surface area (Å²) >= 11 is 0. The smallest absolute Gasteiger partial charge is 0.275 e. The van der Waals surface area contributed by atoms with Crippen molar-refractivity contribution in [2.75, 3.05) is 63.2 Å². The van der Waals surface area contributed by atoms with Crippen molar-refractivity contribution >= 4 is 23.2 Å². The average Bonchev–Trinajstić information content (AvgIpc) is 4.03. The Bertz CT molecular complexity index is 1900. The minimum atomic E-state index is -0.459. The lowest BCUT2D eigenvalue weighted by Gasteiger charge is -2.24. The molecular weight excluding hydrogens is 714 g/mol. The van der Waals surface area contributed by atoms with Crippen molar-refractivity contribution in [2.45, 2.75) is 44.3 Å². The molecule has 2 aromatic heterocycles. The lowest BCUT2D eigenvalue weighted by atomic mass is 9.86. The molecule has 2 saturated heterocycles. The van der Waals surface area contributed by atoms with E-state index in [1.807, 2.05) is 0 Å². The average molecular weight is 759 g/mol. The molecule has 2 aliphatic carbocycles. The number of carbonyl (C=O) groups is 2. The molecular formula is C39H44F2N8O6. The van der Waals surface area contributed by atoms with Crippen LogP contribution in [0.15, 0.2) is 61.2 Å². The second-order valence-electron chi connectivity index (χ2n) is 13.9. The third-order valence-corrected chi connectivity index (χ3v) is 9.64. The monoisotopic (exact) mass is 758 g/mol. The topological polar surface area (TPSA) is 171 Å². The molecule has 2 saturated carbocycles. The van der Waals surface area contributed by atoms with E-state index in [1.54, 1.807) is 24.3 Å². The van der Waals surface area contributed by atoms with E-state index in [1.165, 1.54) is 69.0 Å². The van der Waals surface area contributed by atoms with Gasteiger partial charge in [-0.25, -0.2) is 28.7 Å². The van der Waals surface area contributed by atoms with Gasteiger partial charge in [0.15, 0.2) is 0 Å². The Kier molecular flexibility index (Phi) is 12.8. The van der Waals surface area contributed by atoms with Gasteiger partial charge in [-0.2, -0.15) is 0 Å². The van der Waals surface area contributed by atoms with Gasteiger partial charge in [-0.05, 0) is 61.8 Å². The van der Waals surface area contributed by atoms with E-state index < -0.39 is 23.4 Å². The number of rotatable bonds is 12. The van der Waals surface area contributed by atoms with Crippen molar-refractivity contribution in [3.8, 4) is 11.8 Å². The first-order chi connectivity index (χ1) is 26.9. The summed E-state index contributed by atoms with van der Waals surface area (Å²) in [5.74, 6) is 0.253. The fraction of sp³-hybridized carbons (Fsp3) is 0.436. The van der Waals surface area contributed by atoms with Crippen LogP contribution in [0.1, 0.15) is 76.4 Å². The maximum absolute atomic E-state index is 14.4. The number of ether oxygens (including phenoxy) is 4. The Morgan fingerprint density at radius 2 is 1.15 bits per heavy atom. The number of nitrogens with zero attached hydrogens (tertiary/aromatic N) is 4. The fourth-order valence-electron chi connectivity index (χ4n) is 6.02. The van der Waals surface area contributed by atoms with E-state index in [0.29, 0.717) is 85.6 Å². The molecule has 4 aromatic rings. The van der Waals surface area contributed by atoms with Crippen LogP contribution in [0.4, 0.5) is 20.2 Å². The summed E-state index contributed by atoms with van der Waals surface area (Å²) in [4.78, 5) is 41.0. The molecule has 4 heterocycles. The first-order valence-electron chi connectivity index (χ1n) is 18.6. The van der Waals surface area contributed by atoms with E-state index in [9.17, 15) is 18.4 Å². The van der Waals surface area contributed by atoms with E-state index in [-0.39, 0.29) is 23.6 Å². The molecule has 4 aliphatic rings. The largest absolute Gasteiger partial charge is 0.476 e. The molecule has 0 radical (unpaired) electrons. The van der Waals surface area contributed by atoms with Gasteiger partial charge in [0.25, 0.3) is 11.8 Å². The van der Waals surface area contributed by atoms with Crippen LogP contribution in [0.2, 0.25) is 0 Å². The van der Waals surface area contributed by atoms with Gasteiger partial charge in [-0.1, -0.05) is 18.6 Å². The highest BCUT2D eigenvalue weighted by molar-refractivity contribution is 6.03. The van der Waals surface area contributed by atoms with Crippen LogP contribution < -0.4 is 30.7 Å². The minimum absolute atomic E-state index is 0.137. The lowest BCUT2D eigenvalue weighted by molar-refractivity contribution is 0.0254. The van der Waals surface area contributed by atoms with Crippen molar-refractivity contribution < 1.29 is 37.3 Å². The standard InChI is InChI=1S/C20H23FN4O3.C19H21FN4O3/c21-16-8-14(4-5-15(16)18-10-22-6-7-27-18)25-20(26)17-9-24-19(11-23-17)28-12-13-2-1-3-13;20-15-7-13(3-4-14(15)17-9-21-5-6-26-17)24-19(25)16-8-23-18(10-22-16)27-11-12-1-2-12/h4-5,8-9,11,13,18,22H,1-3,6-7,10,12H2,(H,25,26);3-4,7-8,10,12,17,21H,1-2,5-6,9,11H2,(H,24,25)/t18-;17-/m11/s1. The third kappa shape index (κ3) is 10.7. The van der Waals surface area contributed by atoms with Crippen LogP contribution in [-0.4, -0.2) is 84.4 Å². The molecule has 2 amide bonds. The van der Waals surface area contributed by atoms with E-state index in [4.69, 9.17) is 18.9 Å². The van der Waals surface area contributed by atoms with Gasteiger partial charge in [0, 0.05) is 48.7 Å². The van der Waals surface area contributed by atoms with Crippen LogP contribution in [0, 0.1) is 23.5 Å². The van der Waals surface area contributed by atoms with Gasteiger partial charge < -0.3 is 40.2 Å². The van der Waals surface area contributed by atoms with Gasteiger partial charge in [-0.3, -0.25) is 9.59 Å². The predicted octanol–water partition coefficient (Wildman–Crippen LogP) is 5.03. The van der Waals surface area contributed by atoms with Gasteiger partial charge >= 0.3 is 0 Å². The molecule has 290 valence electrons. The second-order valence-corrected chi connectivity index (χ2v) is 13.9. The first-order valence-corrected chi connectivity index (χ1v) is 18.6. The minimum Gasteiger partial charge on any atom is -0.476 e. The quantitative estimate of drug-likeness (QED) is 0.152. The highest BCUT2D eigenvalue weighted by Gasteiger charge is 2.24. The fourth-order valence-corrected chi connectivity index (χ4v) is 6.02. The summed E-state index contributed by atoms with van der Waals surface area (Å²) in [5.41, 5.74) is 1.91. The number of benzene rings is 2. The van der Waals surface area contributed by atoms with E-state index in [2.05, 4.69) is 41.2 Å². The van der Waals surface area contributed by atoms with Gasteiger partial charge in [0.2, 0.25) is 11.8 Å². The van der Waals surface area contributed by atoms with Crippen molar-refractivity contribution in [1.29, 1.82) is 0 Å². The molecule has 4 N–H and O–H groups in total. The summed E-state index contributed by atoms with van der Waals surface area (Å²) in [5, 5.41) is 11.6. The van der Waals surface area contributed by atoms with Crippen molar-refractivity contribution in [3.05, 3.63) is 95.3 Å². The zero-order valence-electron chi connectivity index (χ0n) is 30.3. The summed E-state index contributed by atoms with van der Waals surface area (Å²) in [6.07, 6.45) is 10.9. The molecule has 55 heavy (non-hydrogen) atoms. The summed E-state index contributed by atoms with van der Waals surface area (Å²) in [6.45, 7) is 5.00. The molecule has 0 spiro atoms. The molecule has 14 nitrogen and oxygen atoms in total. The number of aromatic nitrogens is 4. The number of halogens is 2. The molecule has 16 heteroatoms. The maximum atomic E-state index is 14.4. The van der Waals surface area contributed by atoms with Crippen LogP contribution in [0.5, 0.6) is 11.8 Å². The van der Waals surface area contributed by atoms with E-state index >= 15 is 0 Å². The highest BCUT2D eigenvalue weighted by atomic mass is 19.1. The van der Waals surface area contributed by atoms with E-state index in [0.717, 1.165) is 13.1 Å². The number of carbonyl (C=O) groups excluding carboxylic acids is 2. The highest BCUT2D eigenvalue weighted by Crippen LogP contribution is 2.30. The van der Waals surface area contributed by atoms with Gasteiger partial charge in [0.1, 0.15) is 23.0 Å². The first kappa shape index (κ1) is 38.1. The summed E-state index contributed by atoms with van der Waals surface area (Å²) < 4.78 is 51.0. The number of hydrogen-bond donors (Lipinski definition) is 4. The van der Waals surface area contributed by atoms with Crippen molar-refractivity contribution in [1.82, 2.24) is 30.6 Å². The van der Waals surface area contributed by atoms with Crippen LogP contribution >= 0.6 is 0 Å². The number of nitrogens with one attached hydrogen (secondary N) is 4. The summed E-state index contributed by atoms with van der Waals surface area (Å²) in [6, 6.07) is 9.13. The van der Waals surface area contributed by atoms with Crippen molar-refractivity contribution in [2.24, 2.45) is 11.8 Å². The Morgan fingerprint density at radius 3 is 1.49 bits per heavy atom. The van der Waals surface area contributed by atoms with Crippen LogP contribution in [-0.2, 0) is 9.47 Å². The Morgan fingerprint density at radius 1 is 0.673 bits per heavy atom. The Labute approximate surface area is 317 Å². The number of anilines is 2. The summed E-state index contributed by atoms with van der Waals surface area (Å²) in [7, 11) is 0. The number of amides is 2. The number of hydrogen-bond acceptors (Lipinski definition) is 12. The molecule has 2 aromatic carbocycles. The SMILES string of the molecule is O=C(Nc1ccc([C@H]2CNCCO2)c(F)c1)c1cnc(OCC2CC2)cn1.O=C(Nc1ccc([C@H]2CNCCO2)c(F)c1)c1cnc(OCC2CCC2)cn1. The predicted molar refractivity (Wildman–Crippen MR) is 197 cm³/mol. The maximum Gasteiger partial charge on any atom is 0.275 e. The second kappa shape index (κ2) is 18.4. The molecule has 8 rings (SSSR count). The Balaban J connectivity index is 0.000000169. The normalized spacial score (nSPS) is 19.6. The molecule has 0 bridgehead atoms. The molecule has 4 fully saturated rings. The zero-order valence-corrected chi connectivity index (χ0v) is 30.3. The van der Waals surface area contributed by atoms with Crippen molar-refractivity contribution in [3.63, 3.8) is 0 Å². The molecule has 2 atom stereocenters. The molecule has 2 aliphatic heterocycles. The molecule has 0 unspecified atom stereocenters. The van der Waals surface area contributed by atoms with Gasteiger partial charge in [-0.15, -0.1) is 0 Å². The lowest BCUT2D eigenvalue weighted by Crippen LogP contribution is -2.33. The Hall–Kier alpha value is -5.16.